The molecular weight excluding hydrogens is 248 g/mol. The molecule has 0 bridgehead atoms. The average molecular weight is 263 g/mol. The van der Waals surface area contributed by atoms with Crippen molar-refractivity contribution in [2.45, 2.75) is 25.3 Å². The molecule has 4 heteroatoms. The van der Waals surface area contributed by atoms with Gasteiger partial charge in [0.2, 0.25) is 5.91 Å². The monoisotopic (exact) mass is 262 g/mol. The van der Waals surface area contributed by atoms with Crippen molar-refractivity contribution in [1.29, 1.82) is 0 Å². The van der Waals surface area contributed by atoms with Gasteiger partial charge >= 0.3 is 0 Å². The molecule has 3 nitrogen and oxygen atoms in total. The largest absolute Gasteiger partial charge is 0.308 e. The van der Waals surface area contributed by atoms with Crippen molar-refractivity contribution in [3.63, 3.8) is 0 Å². The number of fused-ring (bicyclic) bond motifs is 3. The smallest absolute Gasteiger partial charge is 0.231 e. The van der Waals surface area contributed by atoms with E-state index in [1.807, 2.05) is 10.6 Å². The highest BCUT2D eigenvalue weighted by molar-refractivity contribution is 5.97. The molecule has 1 atom stereocenters. The Hall–Kier alpha value is -1.32. The van der Waals surface area contributed by atoms with Gasteiger partial charge in [0.25, 0.3) is 0 Å². The van der Waals surface area contributed by atoms with Gasteiger partial charge in [-0.2, -0.15) is 0 Å². The van der Waals surface area contributed by atoms with Gasteiger partial charge in [0.15, 0.2) is 0 Å². The number of benzene rings is 1. The fourth-order valence-corrected chi connectivity index (χ4v) is 3.31. The Morgan fingerprint density at radius 3 is 2.94 bits per heavy atom. The highest BCUT2D eigenvalue weighted by Crippen LogP contribution is 2.37. The summed E-state index contributed by atoms with van der Waals surface area (Å²) >= 11 is 0. The van der Waals surface area contributed by atoms with E-state index in [4.69, 9.17) is 0 Å². The zero-order valence-corrected chi connectivity index (χ0v) is 10.8. The lowest BCUT2D eigenvalue weighted by Gasteiger charge is -2.29. The molecule has 2 aliphatic rings. The van der Waals surface area contributed by atoms with Crippen LogP contribution in [0.1, 0.15) is 34.9 Å². The molecule has 0 spiro atoms. The number of hydrogen-bond acceptors (Lipinski definition) is 2. The Kier molecular flexibility index (Phi) is 2.68. The summed E-state index contributed by atoms with van der Waals surface area (Å²) < 4.78 is 1.95. The topological polar surface area (TPSA) is 34.0 Å². The van der Waals surface area contributed by atoms with Crippen LogP contribution in [0.5, 0.6) is 0 Å². The van der Waals surface area contributed by atoms with Crippen LogP contribution in [0.2, 0.25) is 0 Å². The third kappa shape index (κ3) is 1.38. The van der Waals surface area contributed by atoms with Crippen LogP contribution in [0.25, 0.3) is 10.9 Å². The molecule has 3 heterocycles. The highest BCUT2D eigenvalue weighted by Gasteiger charge is 2.33. The van der Waals surface area contributed by atoms with Crippen molar-refractivity contribution < 1.29 is 4.79 Å². The van der Waals surface area contributed by atoms with Gasteiger partial charge in [0, 0.05) is 23.5 Å². The number of hydrogen-bond donors (Lipinski definition) is 1. The van der Waals surface area contributed by atoms with Crippen molar-refractivity contribution in [1.82, 2.24) is 9.88 Å². The van der Waals surface area contributed by atoms with Crippen LogP contribution in [0.3, 0.4) is 0 Å². The Bertz CT molecular complexity index is 632. The summed E-state index contributed by atoms with van der Waals surface area (Å²) in [6.07, 6.45) is 2.64. The predicted octanol–water partition coefficient (Wildman–Crippen LogP) is 2.68. The van der Waals surface area contributed by atoms with E-state index in [0.29, 0.717) is 12.5 Å². The number of aromatic nitrogens is 1. The number of nitrogens with zero attached hydrogens (tertiary/aromatic N) is 1. The number of para-hydroxylation sites is 1. The van der Waals surface area contributed by atoms with E-state index >= 15 is 0 Å². The van der Waals surface area contributed by atoms with Crippen LogP contribution < -0.4 is 5.32 Å². The summed E-state index contributed by atoms with van der Waals surface area (Å²) in [5.41, 5.74) is 3.71. The molecule has 2 aliphatic heterocycles. The van der Waals surface area contributed by atoms with Crippen molar-refractivity contribution in [3.05, 3.63) is 35.5 Å². The maximum absolute atomic E-state index is 12.1. The number of carbonyl (C=O) groups is 1. The molecule has 4 rings (SSSR count). The lowest BCUT2D eigenvalue weighted by Crippen LogP contribution is -2.36. The number of nitrogens with one attached hydrogen (secondary N) is 1. The summed E-state index contributed by atoms with van der Waals surface area (Å²) in [5, 5.41) is 4.79. The van der Waals surface area contributed by atoms with Crippen LogP contribution in [0.15, 0.2) is 24.3 Å². The van der Waals surface area contributed by atoms with Gasteiger partial charge in [-0.3, -0.25) is 9.36 Å². The van der Waals surface area contributed by atoms with E-state index in [9.17, 15) is 4.79 Å². The third-order valence-electron chi connectivity index (χ3n) is 4.01. The molecule has 0 fully saturated rings. The minimum atomic E-state index is 0. The fraction of sp³-hybridized carbons (Fsp3) is 0.357. The number of halogens is 1. The first-order valence-electron chi connectivity index (χ1n) is 6.25. The van der Waals surface area contributed by atoms with Crippen LogP contribution in [-0.4, -0.2) is 17.0 Å². The van der Waals surface area contributed by atoms with E-state index < -0.39 is 0 Å². The van der Waals surface area contributed by atoms with Crippen LogP contribution in [0.4, 0.5) is 0 Å². The van der Waals surface area contributed by atoms with Crippen LogP contribution in [-0.2, 0) is 6.42 Å². The zero-order valence-electron chi connectivity index (χ0n) is 9.98. The molecule has 18 heavy (non-hydrogen) atoms. The number of carbonyl (C=O) groups excluding carboxylic acids is 1. The molecule has 1 N–H and O–H groups in total. The highest BCUT2D eigenvalue weighted by atomic mass is 35.5. The van der Waals surface area contributed by atoms with E-state index in [0.717, 1.165) is 24.9 Å². The van der Waals surface area contributed by atoms with Gasteiger partial charge in [0.1, 0.15) is 0 Å². The SMILES string of the molecule is Cl.O=C1CCC2NCCc3c2n1c1ccccc31. The first-order chi connectivity index (χ1) is 8.36. The molecule has 0 radical (unpaired) electrons. The lowest BCUT2D eigenvalue weighted by atomic mass is 9.94. The molecule has 0 aliphatic carbocycles. The standard InChI is InChI=1S/C14H14N2O.ClH/c17-13-6-5-11-14-10(7-8-15-11)9-3-1-2-4-12(9)16(13)14;/h1-4,11,15H,5-8H2;1H. The van der Waals surface area contributed by atoms with E-state index in [2.05, 4.69) is 23.5 Å². The van der Waals surface area contributed by atoms with Gasteiger partial charge in [0.05, 0.1) is 5.52 Å². The third-order valence-corrected chi connectivity index (χ3v) is 4.01. The average Bonchev–Trinajstić information content (AvgIpc) is 2.71. The van der Waals surface area contributed by atoms with Gasteiger partial charge in [-0.1, -0.05) is 18.2 Å². The summed E-state index contributed by atoms with van der Waals surface area (Å²) in [6.45, 7) is 1.03. The predicted molar refractivity (Wildman–Crippen MR) is 73.5 cm³/mol. The molecule has 94 valence electrons. The molecule has 0 amide bonds. The first kappa shape index (κ1) is 11.8. The molecule has 1 unspecified atom stereocenters. The molecule has 1 aromatic heterocycles. The maximum Gasteiger partial charge on any atom is 0.231 e. The second-order valence-electron chi connectivity index (χ2n) is 4.91. The summed E-state index contributed by atoms with van der Waals surface area (Å²) in [4.78, 5) is 12.1. The lowest BCUT2D eigenvalue weighted by molar-refractivity contribution is 0.0874. The Morgan fingerprint density at radius 1 is 1.22 bits per heavy atom. The molecular formula is C14H15ClN2O. The quantitative estimate of drug-likeness (QED) is 0.792. The minimum absolute atomic E-state index is 0. The first-order valence-corrected chi connectivity index (χ1v) is 6.25. The van der Waals surface area contributed by atoms with Crippen molar-refractivity contribution in [3.8, 4) is 0 Å². The van der Waals surface area contributed by atoms with Gasteiger partial charge in [-0.05, 0) is 31.0 Å². The zero-order chi connectivity index (χ0) is 11.4. The van der Waals surface area contributed by atoms with Crippen LogP contribution in [0, 0.1) is 0 Å². The summed E-state index contributed by atoms with van der Waals surface area (Å²) in [5.74, 6) is 0.252. The summed E-state index contributed by atoms with van der Waals surface area (Å²) in [7, 11) is 0. The van der Waals surface area contributed by atoms with Gasteiger partial charge in [-0.15, -0.1) is 12.4 Å². The van der Waals surface area contributed by atoms with E-state index in [1.54, 1.807) is 0 Å². The van der Waals surface area contributed by atoms with Crippen LogP contribution >= 0.6 is 12.4 Å². The van der Waals surface area contributed by atoms with E-state index in [1.165, 1.54) is 16.6 Å². The second kappa shape index (κ2) is 4.11. The van der Waals surface area contributed by atoms with E-state index in [-0.39, 0.29) is 18.3 Å². The fourth-order valence-electron chi connectivity index (χ4n) is 3.31. The second-order valence-corrected chi connectivity index (χ2v) is 4.91. The van der Waals surface area contributed by atoms with Gasteiger partial charge < -0.3 is 5.32 Å². The summed E-state index contributed by atoms with van der Waals surface area (Å²) in [6, 6.07) is 8.66. The maximum atomic E-state index is 12.1. The Balaban J connectivity index is 0.000001000. The molecule has 1 aromatic carbocycles. The molecule has 0 saturated heterocycles. The Labute approximate surface area is 112 Å². The number of rotatable bonds is 0. The minimum Gasteiger partial charge on any atom is -0.308 e. The molecule has 2 aromatic rings. The van der Waals surface area contributed by atoms with Gasteiger partial charge in [-0.25, -0.2) is 0 Å². The van der Waals surface area contributed by atoms with Crippen molar-refractivity contribution in [2.75, 3.05) is 6.54 Å². The van der Waals surface area contributed by atoms with Crippen molar-refractivity contribution >= 4 is 29.2 Å². The molecule has 0 saturated carbocycles. The van der Waals surface area contributed by atoms with Crippen molar-refractivity contribution in [2.24, 2.45) is 0 Å². The normalized spacial score (nSPS) is 21.6. The Morgan fingerprint density at radius 2 is 2.06 bits per heavy atom.